The number of methoxy groups -OCH3 is 1. The Bertz CT molecular complexity index is 1270. The molecule has 1 aromatic carbocycles. The number of rotatable bonds is 9. The highest BCUT2D eigenvalue weighted by molar-refractivity contribution is 5.97. The summed E-state index contributed by atoms with van der Waals surface area (Å²) in [6.45, 7) is 10.8. The van der Waals surface area contributed by atoms with E-state index in [4.69, 9.17) is 24.0 Å². The second kappa shape index (κ2) is 10.2. The van der Waals surface area contributed by atoms with Crippen molar-refractivity contribution < 1.29 is 23.7 Å². The summed E-state index contributed by atoms with van der Waals surface area (Å²) in [5, 5.41) is 5.77. The van der Waals surface area contributed by atoms with E-state index >= 15 is 0 Å². The molecule has 3 aromatic rings. The first kappa shape index (κ1) is 24.9. The second-order valence-electron chi connectivity index (χ2n) is 9.58. The lowest BCUT2D eigenvalue weighted by Crippen LogP contribution is -2.35. The number of esters is 1. The smallest absolute Gasteiger partial charge is 0.343 e. The number of carbonyl (C=O) groups excluding carboxylic acids is 1. The van der Waals surface area contributed by atoms with Gasteiger partial charge in [-0.2, -0.15) is 5.10 Å². The van der Waals surface area contributed by atoms with Crippen LogP contribution in [0.5, 0.6) is 5.75 Å². The molecule has 188 valence electrons. The maximum absolute atomic E-state index is 13.0. The van der Waals surface area contributed by atoms with E-state index in [-0.39, 0.29) is 29.1 Å². The minimum absolute atomic E-state index is 0.0355. The lowest BCUT2D eigenvalue weighted by molar-refractivity contribution is 0.0522. The summed E-state index contributed by atoms with van der Waals surface area (Å²) in [5.41, 5.74) is 1.78. The van der Waals surface area contributed by atoms with Crippen LogP contribution in [-0.4, -0.2) is 60.5 Å². The zero-order chi connectivity index (χ0) is 25.2. The SMILES string of the molecule is CCOC(=O)c1cn2c(cc1=O)-c1c3cccc(OCCOCCOC)c3nn1CC2C(C)(C)C. The lowest BCUT2D eigenvalue weighted by Gasteiger charge is -2.38. The van der Waals surface area contributed by atoms with E-state index in [0.717, 1.165) is 22.3 Å². The summed E-state index contributed by atoms with van der Waals surface area (Å²) in [6, 6.07) is 7.26. The average Bonchev–Trinajstić information content (AvgIpc) is 3.19. The number of hydrogen-bond donors (Lipinski definition) is 0. The molecule has 0 saturated heterocycles. The molecule has 2 aromatic heterocycles. The molecule has 0 fully saturated rings. The maximum Gasteiger partial charge on any atom is 0.343 e. The van der Waals surface area contributed by atoms with Crippen LogP contribution in [0.1, 0.15) is 44.1 Å². The zero-order valence-corrected chi connectivity index (χ0v) is 21.0. The molecule has 1 atom stereocenters. The van der Waals surface area contributed by atoms with Gasteiger partial charge < -0.3 is 23.5 Å². The molecule has 0 bridgehead atoms. The highest BCUT2D eigenvalue weighted by Crippen LogP contribution is 2.43. The van der Waals surface area contributed by atoms with E-state index in [0.29, 0.717) is 38.7 Å². The molecule has 1 aliphatic rings. The van der Waals surface area contributed by atoms with Crippen molar-refractivity contribution in [1.29, 1.82) is 0 Å². The highest BCUT2D eigenvalue weighted by atomic mass is 16.5. The molecule has 0 spiro atoms. The summed E-state index contributed by atoms with van der Waals surface area (Å²) in [4.78, 5) is 25.4. The maximum atomic E-state index is 13.0. The average molecular weight is 484 g/mol. The van der Waals surface area contributed by atoms with Crippen LogP contribution in [0.3, 0.4) is 0 Å². The third-order valence-corrected chi connectivity index (χ3v) is 6.15. The Hall–Kier alpha value is -3.17. The van der Waals surface area contributed by atoms with Crippen LogP contribution in [0.2, 0.25) is 0 Å². The lowest BCUT2D eigenvalue weighted by atomic mass is 9.85. The molecule has 0 N–H and O–H groups in total. The fraction of sp³-hybridized carbons (Fsp3) is 0.500. The molecule has 1 aliphatic heterocycles. The van der Waals surface area contributed by atoms with Gasteiger partial charge in [-0.3, -0.25) is 9.48 Å². The third kappa shape index (κ3) is 4.97. The van der Waals surface area contributed by atoms with Gasteiger partial charge in [0.2, 0.25) is 0 Å². The predicted molar refractivity (Wildman–Crippen MR) is 132 cm³/mol. The molecule has 9 nitrogen and oxygen atoms in total. The van der Waals surface area contributed by atoms with E-state index in [2.05, 4.69) is 20.8 Å². The van der Waals surface area contributed by atoms with Crippen LogP contribution in [0, 0.1) is 5.41 Å². The summed E-state index contributed by atoms with van der Waals surface area (Å²) in [6.07, 6.45) is 1.64. The fourth-order valence-electron chi connectivity index (χ4n) is 4.40. The van der Waals surface area contributed by atoms with Crippen molar-refractivity contribution in [2.75, 3.05) is 40.1 Å². The van der Waals surface area contributed by atoms with Crippen molar-refractivity contribution >= 4 is 16.9 Å². The quantitative estimate of drug-likeness (QED) is 0.338. The van der Waals surface area contributed by atoms with E-state index < -0.39 is 5.97 Å². The van der Waals surface area contributed by atoms with Gasteiger partial charge in [0.25, 0.3) is 0 Å². The van der Waals surface area contributed by atoms with Crippen LogP contribution in [0.15, 0.2) is 35.3 Å². The summed E-state index contributed by atoms with van der Waals surface area (Å²) < 4.78 is 25.6. The van der Waals surface area contributed by atoms with Crippen LogP contribution in [0.4, 0.5) is 0 Å². The summed E-state index contributed by atoms with van der Waals surface area (Å²) in [5.74, 6) is 0.0527. The van der Waals surface area contributed by atoms with E-state index in [1.165, 1.54) is 6.07 Å². The number of hydrogen-bond acceptors (Lipinski definition) is 7. The topological polar surface area (TPSA) is 93.8 Å². The zero-order valence-electron chi connectivity index (χ0n) is 21.0. The van der Waals surface area contributed by atoms with E-state index in [1.54, 1.807) is 20.2 Å². The van der Waals surface area contributed by atoms with Crippen molar-refractivity contribution in [1.82, 2.24) is 14.3 Å². The molecule has 1 unspecified atom stereocenters. The van der Waals surface area contributed by atoms with Gasteiger partial charge in [0, 0.05) is 24.8 Å². The molecule has 35 heavy (non-hydrogen) atoms. The largest absolute Gasteiger partial charge is 0.489 e. The fourth-order valence-corrected chi connectivity index (χ4v) is 4.40. The van der Waals surface area contributed by atoms with Gasteiger partial charge in [-0.15, -0.1) is 0 Å². The molecule has 0 radical (unpaired) electrons. The van der Waals surface area contributed by atoms with Gasteiger partial charge in [0.05, 0.1) is 50.4 Å². The Labute approximate surface area is 204 Å². The number of nitrogens with zero attached hydrogens (tertiary/aromatic N) is 3. The molecule has 0 saturated carbocycles. The first-order valence-electron chi connectivity index (χ1n) is 11.9. The summed E-state index contributed by atoms with van der Waals surface area (Å²) in [7, 11) is 1.63. The summed E-state index contributed by atoms with van der Waals surface area (Å²) >= 11 is 0. The molecule has 3 heterocycles. The first-order valence-corrected chi connectivity index (χ1v) is 11.9. The van der Waals surface area contributed by atoms with Gasteiger partial charge in [-0.05, 0) is 18.4 Å². The number of aromatic nitrogens is 3. The molecule has 4 rings (SSSR count). The van der Waals surface area contributed by atoms with Gasteiger partial charge >= 0.3 is 5.97 Å². The Morgan fingerprint density at radius 2 is 1.94 bits per heavy atom. The number of carbonyl (C=O) groups is 1. The van der Waals surface area contributed by atoms with Gasteiger partial charge in [-0.25, -0.2) is 4.79 Å². The van der Waals surface area contributed by atoms with Crippen LogP contribution >= 0.6 is 0 Å². The highest BCUT2D eigenvalue weighted by Gasteiger charge is 2.35. The van der Waals surface area contributed by atoms with Crippen LogP contribution in [0.25, 0.3) is 22.3 Å². The Morgan fingerprint density at radius 1 is 1.17 bits per heavy atom. The molecular weight excluding hydrogens is 450 g/mol. The molecule has 9 heteroatoms. The number of fused-ring (bicyclic) bond motifs is 5. The van der Waals surface area contributed by atoms with Crippen molar-refractivity contribution in [3.63, 3.8) is 0 Å². The standard InChI is InChI=1S/C26H33N3O6/c1-6-34-25(31)18-15-28-19(14-20(18)30)24-17-8-7-9-21(35-13-12-33-11-10-32-5)23(17)27-29(24)16-22(28)26(2,3)4/h7-9,14-15,22H,6,10-13,16H2,1-5H3. The second-order valence-corrected chi connectivity index (χ2v) is 9.58. The first-order chi connectivity index (χ1) is 16.8. The molecule has 0 aliphatic carbocycles. The molecular formula is C26H33N3O6. The van der Waals surface area contributed by atoms with Crippen molar-refractivity contribution in [2.24, 2.45) is 5.41 Å². The number of pyridine rings is 1. The third-order valence-electron chi connectivity index (χ3n) is 6.15. The normalized spacial score (nSPS) is 15.1. The number of ether oxygens (including phenoxy) is 4. The Morgan fingerprint density at radius 3 is 2.66 bits per heavy atom. The van der Waals surface area contributed by atoms with Gasteiger partial charge in [0.15, 0.2) is 5.43 Å². The van der Waals surface area contributed by atoms with Crippen LogP contribution < -0.4 is 10.2 Å². The van der Waals surface area contributed by atoms with Gasteiger partial charge in [0.1, 0.15) is 23.4 Å². The van der Waals surface area contributed by atoms with Gasteiger partial charge in [-0.1, -0.05) is 32.9 Å². The molecule has 0 amide bonds. The Balaban J connectivity index is 1.77. The van der Waals surface area contributed by atoms with Crippen molar-refractivity contribution in [2.45, 2.75) is 40.3 Å². The van der Waals surface area contributed by atoms with Crippen LogP contribution in [-0.2, 0) is 20.8 Å². The Kier molecular flexibility index (Phi) is 7.28. The monoisotopic (exact) mass is 483 g/mol. The van der Waals surface area contributed by atoms with E-state index in [9.17, 15) is 9.59 Å². The van der Waals surface area contributed by atoms with Crippen molar-refractivity contribution in [3.8, 4) is 17.1 Å². The van der Waals surface area contributed by atoms with E-state index in [1.807, 2.05) is 27.4 Å². The number of benzene rings is 1. The minimum Gasteiger partial charge on any atom is -0.489 e. The van der Waals surface area contributed by atoms with Crippen molar-refractivity contribution in [3.05, 3.63) is 46.2 Å². The predicted octanol–water partition coefficient (Wildman–Crippen LogP) is 3.68. The minimum atomic E-state index is -0.604.